The first-order valence-electron chi connectivity index (χ1n) is 26.3. The number of rotatable bonds is 18. The minimum Gasteiger partial charge on any atom is -0.456 e. The van der Waals surface area contributed by atoms with E-state index in [4.69, 9.17) is 76.0 Å². The molecule has 0 amide bonds. The van der Waals surface area contributed by atoms with E-state index in [1.165, 1.54) is 0 Å². The van der Waals surface area contributed by atoms with Crippen molar-refractivity contribution in [2.75, 3.05) is 45.9 Å². The minimum atomic E-state index is -2.61. The van der Waals surface area contributed by atoms with Gasteiger partial charge in [-0.05, 0) is 60.6 Å². The van der Waals surface area contributed by atoms with Gasteiger partial charge in [-0.2, -0.15) is 14.3 Å². The fraction of sp³-hybridized carbons (Fsp3) is 0.455. The molecule has 0 spiro atoms. The van der Waals surface area contributed by atoms with Crippen molar-refractivity contribution in [3.63, 3.8) is 0 Å². The van der Waals surface area contributed by atoms with E-state index in [1.54, 1.807) is 23.0 Å². The first kappa shape index (κ1) is 57.8. The molecule has 0 saturated carbocycles. The van der Waals surface area contributed by atoms with E-state index in [9.17, 15) is 14.4 Å². The van der Waals surface area contributed by atoms with Crippen LogP contribution in [0.5, 0.6) is 12.0 Å². The normalized spacial score (nSPS) is 23.6. The lowest BCUT2D eigenvalue weighted by Crippen LogP contribution is -2.35. The number of aromatic nitrogens is 6. The molecule has 4 aliphatic heterocycles. The van der Waals surface area contributed by atoms with E-state index < -0.39 is 56.4 Å². The van der Waals surface area contributed by atoms with Crippen LogP contribution in [0.15, 0.2) is 105 Å². The lowest BCUT2D eigenvalue weighted by molar-refractivity contribution is 0.00332. The Balaban J connectivity index is 0.000000183. The molecule has 18 nitrogen and oxygen atoms in total. The van der Waals surface area contributed by atoms with Crippen molar-refractivity contribution >= 4 is 93.0 Å². The zero-order valence-electron chi connectivity index (χ0n) is 45.1. The fourth-order valence-electron chi connectivity index (χ4n) is 9.47. The molecule has 11 rings (SSSR count). The third kappa shape index (κ3) is 13.6. The van der Waals surface area contributed by atoms with Gasteiger partial charge in [-0.25, -0.2) is 14.2 Å². The van der Waals surface area contributed by atoms with Gasteiger partial charge in [-0.3, -0.25) is 9.13 Å². The summed E-state index contributed by atoms with van der Waals surface area (Å²) in [7, 11) is -5.14. The molecule has 2 N–H and O–H groups in total. The highest BCUT2D eigenvalue weighted by molar-refractivity contribution is 9.10. The zero-order chi connectivity index (χ0) is 55.8. The van der Waals surface area contributed by atoms with Crippen molar-refractivity contribution < 1.29 is 52.3 Å². The van der Waals surface area contributed by atoms with Gasteiger partial charge in [-0.15, -0.1) is 0 Å². The summed E-state index contributed by atoms with van der Waals surface area (Å²) in [6.07, 6.45) is -2.07. The number of hydrogen-bond acceptors (Lipinski definition) is 16. The number of nitrogens with zero attached hydrogens (tertiary/aromatic N) is 7. The molecule has 0 radical (unpaired) electrons. The van der Waals surface area contributed by atoms with Crippen LogP contribution in [0.1, 0.15) is 0 Å². The number of aliphatic hydroxyl groups is 2. The molecule has 4 fully saturated rings. The first-order chi connectivity index (χ1) is 37.7. The second-order valence-electron chi connectivity index (χ2n) is 22.6. The number of pyridine rings is 2. The highest BCUT2D eigenvalue weighted by Gasteiger charge is 2.50. The summed E-state index contributed by atoms with van der Waals surface area (Å²) in [5, 5.41) is 21.2. The number of imidazole rings is 2. The van der Waals surface area contributed by atoms with Crippen LogP contribution in [0.4, 0.5) is 5.69 Å². The maximum atomic E-state index is 13.3. The molecule has 9 atom stereocenters. The van der Waals surface area contributed by atoms with Crippen LogP contribution in [-0.2, 0) is 51.6 Å². The number of ether oxygens (including phenoxy) is 8. The van der Waals surface area contributed by atoms with E-state index in [-0.39, 0.29) is 51.6 Å². The Morgan fingerprint density at radius 1 is 0.633 bits per heavy atom. The zero-order valence-corrected chi connectivity index (χ0v) is 51.0. The molecular weight excluding hydrogens is 1170 g/mol. The van der Waals surface area contributed by atoms with Crippen molar-refractivity contribution in [3.05, 3.63) is 106 Å². The third-order valence-corrected chi connectivity index (χ3v) is 20.1. The van der Waals surface area contributed by atoms with Crippen molar-refractivity contribution in [3.8, 4) is 34.5 Å². The van der Waals surface area contributed by atoms with Gasteiger partial charge in [-0.1, -0.05) is 121 Å². The predicted molar refractivity (Wildman–Crippen MR) is 313 cm³/mol. The maximum absolute atomic E-state index is 13.3. The Bertz CT molecular complexity index is 3400. The number of aliphatic hydroxyl groups excluding tert-OH is 2. The summed E-state index contributed by atoms with van der Waals surface area (Å²) >= 11 is 16.8. The van der Waals surface area contributed by atoms with Crippen LogP contribution in [-0.4, -0.2) is 154 Å². The molecule has 4 aromatic heterocycles. The Hall–Kier alpha value is -4.38. The number of hydrogen-bond donors (Lipinski definition) is 2. The Kier molecular flexibility index (Phi) is 17.7. The second-order valence-corrected chi connectivity index (χ2v) is 37.8. The van der Waals surface area contributed by atoms with Crippen LogP contribution in [0.3, 0.4) is 0 Å². The van der Waals surface area contributed by atoms with E-state index in [2.05, 4.69) is 64.6 Å². The molecule has 79 heavy (non-hydrogen) atoms. The molecule has 422 valence electrons. The highest BCUT2D eigenvalue weighted by atomic mass is 79.9. The van der Waals surface area contributed by atoms with Crippen LogP contribution < -0.4 is 9.47 Å². The molecule has 4 aliphatic rings. The molecule has 0 bridgehead atoms. The Morgan fingerprint density at radius 3 is 1.51 bits per heavy atom. The summed E-state index contributed by atoms with van der Waals surface area (Å²) in [5.74, 6) is 0. The minimum absolute atomic E-state index is 0.192. The largest absolute Gasteiger partial charge is 0.456 e. The van der Waals surface area contributed by atoms with E-state index in [0.717, 1.165) is 27.7 Å². The van der Waals surface area contributed by atoms with E-state index in [1.807, 2.05) is 83.4 Å². The maximum Gasteiger partial charge on any atom is 0.301 e. The smallest absolute Gasteiger partial charge is 0.301 e. The molecule has 3 aromatic carbocycles. The number of benzene rings is 3. The summed E-state index contributed by atoms with van der Waals surface area (Å²) in [5.41, 5.74) is 5.84. The summed E-state index contributed by atoms with van der Waals surface area (Å²) in [6.45, 7) is 16.6. The lowest BCUT2D eigenvalue weighted by atomic mass is 10.1. The van der Waals surface area contributed by atoms with Gasteiger partial charge in [0.05, 0.1) is 63.3 Å². The summed E-state index contributed by atoms with van der Waals surface area (Å²) in [6, 6.07) is 30.7. The molecule has 7 aromatic rings. The topological polar surface area (TPSA) is 205 Å². The lowest BCUT2D eigenvalue weighted by Gasteiger charge is -2.19. The van der Waals surface area contributed by atoms with Crippen LogP contribution in [0, 0.1) is 0 Å². The average molecular weight is 1240 g/mol. The Morgan fingerprint density at radius 2 is 1.06 bits per heavy atom. The first-order valence-corrected chi connectivity index (χ1v) is 37.2. The molecule has 0 aliphatic carbocycles. The number of fused-ring (bicyclic) bond motifs is 4. The van der Waals surface area contributed by atoms with Gasteiger partial charge >= 0.3 is 12.0 Å². The van der Waals surface area contributed by atoms with Crippen molar-refractivity contribution in [2.45, 2.75) is 119 Å². The molecule has 24 heteroatoms. The molecular formula is C55H66BrCl2N7O11SSi2. The average Bonchev–Trinajstić information content (AvgIpc) is 4.49. The summed E-state index contributed by atoms with van der Waals surface area (Å²) < 4.78 is 70.1. The third-order valence-electron chi connectivity index (χ3n) is 13.9. The highest BCUT2D eigenvalue weighted by Crippen LogP contribution is 2.37. The van der Waals surface area contributed by atoms with Crippen molar-refractivity contribution in [1.29, 1.82) is 0 Å². The van der Waals surface area contributed by atoms with Gasteiger partial charge in [0.25, 0.3) is 0 Å². The van der Waals surface area contributed by atoms with Gasteiger partial charge in [0.15, 0.2) is 23.5 Å². The van der Waals surface area contributed by atoms with Crippen LogP contribution >= 0.6 is 39.1 Å². The fourth-order valence-corrected chi connectivity index (χ4v) is 13.0. The van der Waals surface area contributed by atoms with Crippen LogP contribution in [0.25, 0.3) is 44.8 Å². The van der Waals surface area contributed by atoms with Gasteiger partial charge in [0, 0.05) is 56.1 Å². The van der Waals surface area contributed by atoms with Crippen molar-refractivity contribution in [2.24, 2.45) is 4.36 Å². The van der Waals surface area contributed by atoms with Gasteiger partial charge in [0.2, 0.25) is 0 Å². The van der Waals surface area contributed by atoms with Crippen molar-refractivity contribution in [1.82, 2.24) is 29.1 Å². The van der Waals surface area contributed by atoms with E-state index >= 15 is 0 Å². The van der Waals surface area contributed by atoms with Crippen LogP contribution in [0.2, 0.25) is 61.4 Å². The predicted octanol–water partition coefficient (Wildman–Crippen LogP) is 10.5. The number of halogens is 3. The standard InChI is InChI=1S/C31H37ClN4O6SSi.C24H29BrClN3O5Si/c1-43(38,22-8-6-5-7-9-22)35-21-12-10-20(11-13-21)27-23(32)16-24-30(34-27)36(19-39-14-15-44(2,3)4)31(33-24)42-26-18-41-28-25(37)17-40-29(26)28;1-35(2,3)9-8-31-13-29-23-17(10-16(26)20(28-23)14-4-6-15(25)7-5-14)27-24(29)34-19-12-33-21-18(30)11-32-22(19)21/h5-13,16,25-26,28-29,37H,14-15,17-19H2,1-4H3;4-7,10,18-19,21-22,30H,8-9,11-13H2,1-3H3/t25-,26-,28-,29-,43+;18-,19-,21-,22-/m11/s1. The summed E-state index contributed by atoms with van der Waals surface area (Å²) in [4.78, 5) is 19.9. The van der Waals surface area contributed by atoms with Gasteiger partial charge < -0.3 is 48.1 Å². The molecule has 8 heterocycles. The molecule has 0 unspecified atom stereocenters. The quantitative estimate of drug-likeness (QED) is 0.0606. The second kappa shape index (κ2) is 24.2. The molecule has 4 saturated heterocycles. The van der Waals surface area contributed by atoms with Gasteiger partial charge in [0.1, 0.15) is 61.1 Å². The SMILES string of the molecule is C[Si](C)(C)CCOCn1c(O[C@@H]2CO[C@H]3[C@@H]2OC[C@H]3O)nc2cc(Cl)c(-c3ccc(Br)cc3)nc21.C[Si](C)(C)CCOCn1c(O[C@@H]2CO[C@H]3[C@@H]2OC[C@H]3O)nc2cc(Cl)c(-c3ccc(N=[S@@](C)(=O)c4ccccc4)cc3)nc21. The van der Waals surface area contributed by atoms with E-state index in [0.29, 0.717) is 86.2 Å². The Labute approximate surface area is 480 Å². The monoisotopic (exact) mass is 1240 g/mol.